The van der Waals surface area contributed by atoms with Crippen LogP contribution in [0, 0.1) is 5.92 Å². The Morgan fingerprint density at radius 3 is 2.36 bits per heavy atom. The fourth-order valence-electron chi connectivity index (χ4n) is 1.21. The molecule has 0 radical (unpaired) electrons. The molecule has 7 nitrogen and oxygen atoms in total. The lowest BCUT2D eigenvalue weighted by atomic mass is 10.2. The first kappa shape index (κ1) is 20.2. The Morgan fingerprint density at radius 1 is 1.23 bits per heavy atom. The van der Waals surface area contributed by atoms with Gasteiger partial charge in [0.2, 0.25) is 12.0 Å². The van der Waals surface area contributed by atoms with E-state index in [0.29, 0.717) is 0 Å². The van der Waals surface area contributed by atoms with Crippen LogP contribution in [0.2, 0.25) is 0 Å². The molecular weight excluding hydrogens is 310 g/mol. The summed E-state index contributed by atoms with van der Waals surface area (Å²) in [5.41, 5.74) is 0. The summed E-state index contributed by atoms with van der Waals surface area (Å²) in [5.74, 6) is -2.09. The standard InChI is InChI=1S/C14H21NO6S/c1-5-6-20-14(19)12(7-15-10(3)16)21-13(18)9(2)8-22-11(4)17/h5,9,12H,1,6-8H2,2-4H3,(H,15,16)/t9-,12+/m1/s1. The first-order chi connectivity index (χ1) is 10.3. The number of carbonyl (C=O) groups is 4. The summed E-state index contributed by atoms with van der Waals surface area (Å²) < 4.78 is 9.89. The van der Waals surface area contributed by atoms with Crippen molar-refractivity contribution in [2.45, 2.75) is 26.9 Å². The number of nitrogens with one attached hydrogen (secondary N) is 1. The van der Waals surface area contributed by atoms with E-state index in [1.54, 1.807) is 6.92 Å². The lowest BCUT2D eigenvalue weighted by Gasteiger charge is -2.18. The highest BCUT2D eigenvalue weighted by atomic mass is 32.2. The van der Waals surface area contributed by atoms with Crippen LogP contribution < -0.4 is 5.32 Å². The fraction of sp³-hybridized carbons (Fsp3) is 0.571. The minimum absolute atomic E-state index is 0.0251. The van der Waals surface area contributed by atoms with E-state index < -0.39 is 24.0 Å². The van der Waals surface area contributed by atoms with Gasteiger partial charge in [-0.2, -0.15) is 0 Å². The highest BCUT2D eigenvalue weighted by molar-refractivity contribution is 8.13. The van der Waals surface area contributed by atoms with Crippen molar-refractivity contribution < 1.29 is 28.7 Å². The number of esters is 2. The highest BCUT2D eigenvalue weighted by Gasteiger charge is 2.27. The molecule has 0 aromatic carbocycles. The monoisotopic (exact) mass is 331 g/mol. The molecular formula is C14H21NO6S. The Bertz CT molecular complexity index is 437. The molecule has 22 heavy (non-hydrogen) atoms. The molecule has 0 saturated heterocycles. The van der Waals surface area contributed by atoms with Crippen molar-refractivity contribution in [2.24, 2.45) is 5.92 Å². The summed E-state index contributed by atoms with van der Waals surface area (Å²) >= 11 is 0.996. The van der Waals surface area contributed by atoms with Gasteiger partial charge in [0.15, 0.2) is 5.12 Å². The van der Waals surface area contributed by atoms with E-state index in [2.05, 4.69) is 11.9 Å². The topological polar surface area (TPSA) is 98.8 Å². The lowest BCUT2D eigenvalue weighted by molar-refractivity contribution is -0.168. The molecule has 0 heterocycles. The molecule has 0 aliphatic carbocycles. The number of thioether (sulfide) groups is 1. The molecule has 0 fully saturated rings. The van der Waals surface area contributed by atoms with Gasteiger partial charge in [0, 0.05) is 19.6 Å². The first-order valence-corrected chi connectivity index (χ1v) is 7.62. The van der Waals surface area contributed by atoms with Crippen LogP contribution in [0.15, 0.2) is 12.7 Å². The maximum Gasteiger partial charge on any atom is 0.349 e. The Hall–Kier alpha value is -1.83. The molecule has 0 aliphatic rings. The quantitative estimate of drug-likeness (QED) is 0.490. The maximum atomic E-state index is 11.9. The maximum absolute atomic E-state index is 11.9. The number of ether oxygens (including phenoxy) is 2. The zero-order valence-electron chi connectivity index (χ0n) is 12.9. The second-order valence-electron chi connectivity index (χ2n) is 4.48. The number of hydrogen-bond donors (Lipinski definition) is 1. The Balaban J connectivity index is 4.61. The van der Waals surface area contributed by atoms with Gasteiger partial charge < -0.3 is 14.8 Å². The van der Waals surface area contributed by atoms with Gasteiger partial charge in [-0.05, 0) is 0 Å². The van der Waals surface area contributed by atoms with Gasteiger partial charge in [-0.15, -0.1) is 0 Å². The van der Waals surface area contributed by atoms with Gasteiger partial charge in [-0.25, -0.2) is 4.79 Å². The zero-order valence-corrected chi connectivity index (χ0v) is 13.7. The van der Waals surface area contributed by atoms with E-state index in [1.165, 1.54) is 19.9 Å². The largest absolute Gasteiger partial charge is 0.459 e. The third-order valence-electron chi connectivity index (χ3n) is 2.34. The molecule has 0 rings (SSSR count). The van der Waals surface area contributed by atoms with E-state index in [-0.39, 0.29) is 29.9 Å². The third kappa shape index (κ3) is 9.17. The van der Waals surface area contributed by atoms with E-state index >= 15 is 0 Å². The summed E-state index contributed by atoms with van der Waals surface area (Å²) in [6.45, 7) is 7.47. The van der Waals surface area contributed by atoms with E-state index in [0.717, 1.165) is 11.8 Å². The van der Waals surface area contributed by atoms with Gasteiger partial charge in [0.25, 0.3) is 0 Å². The van der Waals surface area contributed by atoms with Crippen molar-refractivity contribution in [3.8, 4) is 0 Å². The highest BCUT2D eigenvalue weighted by Crippen LogP contribution is 2.12. The van der Waals surface area contributed by atoms with Crippen molar-refractivity contribution in [1.29, 1.82) is 0 Å². The fourth-order valence-corrected chi connectivity index (χ4v) is 1.83. The normalized spacial score (nSPS) is 12.7. The van der Waals surface area contributed by atoms with Crippen LogP contribution in [0.5, 0.6) is 0 Å². The summed E-state index contributed by atoms with van der Waals surface area (Å²) in [6.07, 6.45) is 0.141. The Labute approximate surface area is 133 Å². The first-order valence-electron chi connectivity index (χ1n) is 6.63. The van der Waals surface area contributed by atoms with E-state index in [1.807, 2.05) is 0 Å². The Kier molecular flexibility index (Phi) is 9.93. The molecule has 2 atom stereocenters. The molecule has 0 unspecified atom stereocenters. The van der Waals surface area contributed by atoms with Gasteiger partial charge in [-0.3, -0.25) is 14.4 Å². The molecule has 124 valence electrons. The second kappa shape index (κ2) is 10.8. The molecule has 0 aromatic rings. The van der Waals surface area contributed by atoms with Crippen LogP contribution in [0.4, 0.5) is 0 Å². The van der Waals surface area contributed by atoms with Crippen molar-refractivity contribution in [1.82, 2.24) is 5.32 Å². The van der Waals surface area contributed by atoms with Crippen LogP contribution in [-0.2, 0) is 28.7 Å². The number of carbonyl (C=O) groups excluding carboxylic acids is 4. The Morgan fingerprint density at radius 2 is 1.86 bits per heavy atom. The van der Waals surface area contributed by atoms with Gasteiger partial charge in [-0.1, -0.05) is 31.3 Å². The van der Waals surface area contributed by atoms with Gasteiger partial charge in [0.1, 0.15) is 6.61 Å². The van der Waals surface area contributed by atoms with E-state index in [9.17, 15) is 19.2 Å². The average molecular weight is 331 g/mol. The summed E-state index contributed by atoms with van der Waals surface area (Å²) in [7, 11) is 0. The average Bonchev–Trinajstić information content (AvgIpc) is 2.45. The summed E-state index contributed by atoms with van der Waals surface area (Å²) in [6, 6.07) is 0. The van der Waals surface area contributed by atoms with Crippen LogP contribution in [-0.4, -0.2) is 48.0 Å². The van der Waals surface area contributed by atoms with Crippen molar-refractivity contribution >= 4 is 34.7 Å². The van der Waals surface area contributed by atoms with Gasteiger partial charge >= 0.3 is 11.9 Å². The minimum atomic E-state index is -1.24. The van der Waals surface area contributed by atoms with Gasteiger partial charge in [0.05, 0.1) is 12.5 Å². The molecule has 0 spiro atoms. The minimum Gasteiger partial charge on any atom is -0.459 e. The van der Waals surface area contributed by atoms with Crippen LogP contribution in [0.25, 0.3) is 0 Å². The smallest absolute Gasteiger partial charge is 0.349 e. The molecule has 0 saturated carbocycles. The zero-order chi connectivity index (χ0) is 17.1. The third-order valence-corrected chi connectivity index (χ3v) is 3.41. The number of amides is 1. The van der Waals surface area contributed by atoms with Crippen molar-refractivity contribution in [2.75, 3.05) is 18.9 Å². The lowest BCUT2D eigenvalue weighted by Crippen LogP contribution is -2.41. The molecule has 0 aromatic heterocycles. The van der Waals surface area contributed by atoms with Crippen LogP contribution in [0.3, 0.4) is 0 Å². The predicted octanol–water partition coefficient (Wildman–Crippen LogP) is 0.679. The predicted molar refractivity (Wildman–Crippen MR) is 82.0 cm³/mol. The molecule has 0 bridgehead atoms. The van der Waals surface area contributed by atoms with Crippen molar-refractivity contribution in [3.63, 3.8) is 0 Å². The molecule has 8 heteroatoms. The number of hydrogen-bond acceptors (Lipinski definition) is 7. The number of rotatable bonds is 9. The molecule has 1 N–H and O–H groups in total. The summed E-state index contributed by atoms with van der Waals surface area (Å²) in [4.78, 5) is 45.5. The van der Waals surface area contributed by atoms with Crippen LogP contribution >= 0.6 is 11.8 Å². The second-order valence-corrected chi connectivity index (χ2v) is 5.68. The van der Waals surface area contributed by atoms with E-state index in [4.69, 9.17) is 9.47 Å². The van der Waals surface area contributed by atoms with Crippen LogP contribution in [0.1, 0.15) is 20.8 Å². The summed E-state index contributed by atoms with van der Waals surface area (Å²) in [5, 5.41) is 2.28. The van der Waals surface area contributed by atoms with Crippen molar-refractivity contribution in [3.05, 3.63) is 12.7 Å². The SMILES string of the molecule is C=CCOC(=O)[C@H](CNC(C)=O)OC(=O)[C@H](C)CSC(C)=O. The molecule has 1 amide bonds. The molecule has 0 aliphatic heterocycles.